The number of rotatable bonds is 5. The minimum absolute atomic E-state index is 0.782. The van der Waals surface area contributed by atoms with E-state index in [4.69, 9.17) is 9.47 Å². The van der Waals surface area contributed by atoms with Gasteiger partial charge in [0.2, 0.25) is 0 Å². The summed E-state index contributed by atoms with van der Waals surface area (Å²) in [7, 11) is 0. The largest absolute Gasteiger partial charge is 0.380 e. The number of ether oxygens (including phenoxy) is 2. The maximum absolute atomic E-state index is 5.34. The van der Waals surface area contributed by atoms with Crippen LogP contribution in [0, 0.1) is 6.92 Å². The van der Waals surface area contributed by atoms with Gasteiger partial charge in [-0.05, 0) is 6.42 Å². The molecule has 0 aromatic heterocycles. The van der Waals surface area contributed by atoms with Crippen LogP contribution in [0.15, 0.2) is 0 Å². The maximum Gasteiger partial charge on any atom is 0.0594 e. The van der Waals surface area contributed by atoms with E-state index in [2.05, 4.69) is 11.8 Å². The van der Waals surface area contributed by atoms with Gasteiger partial charge >= 0.3 is 0 Å². The SMILES string of the molecule is [CH2]CCOCCN1CCOCC1. The van der Waals surface area contributed by atoms with Crippen LogP contribution < -0.4 is 0 Å². The third kappa shape index (κ3) is 4.04. The lowest BCUT2D eigenvalue weighted by Crippen LogP contribution is -2.38. The molecule has 0 spiro atoms. The summed E-state index contributed by atoms with van der Waals surface area (Å²) in [6, 6.07) is 0. The number of hydrogen-bond donors (Lipinski definition) is 0. The minimum atomic E-state index is 0.782. The number of nitrogens with zero attached hydrogens (tertiary/aromatic N) is 1. The highest BCUT2D eigenvalue weighted by atomic mass is 16.5. The van der Waals surface area contributed by atoms with E-state index in [9.17, 15) is 0 Å². The second kappa shape index (κ2) is 6.40. The minimum Gasteiger partial charge on any atom is -0.380 e. The summed E-state index contributed by atoms with van der Waals surface area (Å²) in [6.07, 6.45) is 0.864. The quantitative estimate of drug-likeness (QED) is 0.566. The lowest BCUT2D eigenvalue weighted by atomic mass is 10.4. The third-order valence-electron chi connectivity index (χ3n) is 1.94. The molecule has 0 aliphatic carbocycles. The van der Waals surface area contributed by atoms with Gasteiger partial charge in [-0.3, -0.25) is 4.90 Å². The highest BCUT2D eigenvalue weighted by Gasteiger charge is 2.08. The molecule has 1 rings (SSSR count). The van der Waals surface area contributed by atoms with Crippen LogP contribution in [0.2, 0.25) is 0 Å². The van der Waals surface area contributed by atoms with E-state index in [1.165, 1.54) is 0 Å². The van der Waals surface area contributed by atoms with Gasteiger partial charge in [-0.2, -0.15) is 0 Å². The first kappa shape index (κ1) is 9.96. The molecule has 0 bridgehead atoms. The molecule has 1 heterocycles. The summed E-state index contributed by atoms with van der Waals surface area (Å²) >= 11 is 0. The van der Waals surface area contributed by atoms with E-state index < -0.39 is 0 Å². The smallest absolute Gasteiger partial charge is 0.0594 e. The Hall–Kier alpha value is -0.120. The fourth-order valence-corrected chi connectivity index (χ4v) is 1.22. The van der Waals surface area contributed by atoms with Crippen LogP contribution in [0.25, 0.3) is 0 Å². The van der Waals surface area contributed by atoms with Crippen molar-refractivity contribution in [1.82, 2.24) is 4.90 Å². The van der Waals surface area contributed by atoms with Crippen LogP contribution in [0.3, 0.4) is 0 Å². The van der Waals surface area contributed by atoms with Crippen molar-refractivity contribution < 1.29 is 9.47 Å². The highest BCUT2D eigenvalue weighted by Crippen LogP contribution is 1.95. The molecular weight excluding hydrogens is 154 g/mol. The molecule has 1 radical (unpaired) electrons. The van der Waals surface area contributed by atoms with E-state index in [1.54, 1.807) is 0 Å². The van der Waals surface area contributed by atoms with E-state index in [1.807, 2.05) is 0 Å². The zero-order valence-electron chi connectivity index (χ0n) is 7.63. The molecule has 71 valence electrons. The molecular formula is C9H18NO2. The van der Waals surface area contributed by atoms with Crippen LogP contribution in [-0.2, 0) is 9.47 Å². The summed E-state index contributed by atoms with van der Waals surface area (Å²) in [5.41, 5.74) is 0. The van der Waals surface area contributed by atoms with Crippen molar-refractivity contribution in [3.63, 3.8) is 0 Å². The Morgan fingerprint density at radius 2 is 2.00 bits per heavy atom. The first-order chi connectivity index (χ1) is 5.93. The fraction of sp³-hybridized carbons (Fsp3) is 0.889. The number of hydrogen-bond acceptors (Lipinski definition) is 3. The molecule has 1 fully saturated rings. The first-order valence-electron chi connectivity index (χ1n) is 4.60. The average molecular weight is 172 g/mol. The van der Waals surface area contributed by atoms with Crippen LogP contribution in [0.4, 0.5) is 0 Å². The van der Waals surface area contributed by atoms with Crippen LogP contribution >= 0.6 is 0 Å². The molecule has 0 saturated carbocycles. The normalized spacial score (nSPS) is 19.8. The van der Waals surface area contributed by atoms with Crippen molar-refractivity contribution in [2.24, 2.45) is 0 Å². The highest BCUT2D eigenvalue weighted by molar-refractivity contribution is 4.60. The molecule has 0 atom stereocenters. The summed E-state index contributed by atoms with van der Waals surface area (Å²) in [4.78, 5) is 2.37. The van der Waals surface area contributed by atoms with Gasteiger partial charge < -0.3 is 9.47 Å². The summed E-state index contributed by atoms with van der Waals surface area (Å²) in [6.45, 7) is 10.2. The van der Waals surface area contributed by atoms with E-state index in [-0.39, 0.29) is 0 Å². The van der Waals surface area contributed by atoms with Crippen molar-refractivity contribution >= 4 is 0 Å². The predicted molar refractivity (Wildman–Crippen MR) is 48.1 cm³/mol. The lowest BCUT2D eigenvalue weighted by Gasteiger charge is -2.26. The van der Waals surface area contributed by atoms with Gasteiger partial charge in [-0.1, -0.05) is 6.92 Å². The van der Waals surface area contributed by atoms with Crippen molar-refractivity contribution in [3.05, 3.63) is 6.92 Å². The van der Waals surface area contributed by atoms with Gasteiger partial charge in [0.1, 0.15) is 0 Å². The monoisotopic (exact) mass is 172 g/mol. The van der Waals surface area contributed by atoms with Gasteiger partial charge in [-0.15, -0.1) is 0 Å². The average Bonchev–Trinajstić information content (AvgIpc) is 2.14. The fourth-order valence-electron chi connectivity index (χ4n) is 1.22. The van der Waals surface area contributed by atoms with Gasteiger partial charge in [0.05, 0.1) is 19.8 Å². The number of morpholine rings is 1. The zero-order chi connectivity index (χ0) is 8.65. The Bertz CT molecular complexity index is 103. The topological polar surface area (TPSA) is 21.7 Å². The molecule has 0 aromatic rings. The Labute approximate surface area is 74.6 Å². The van der Waals surface area contributed by atoms with E-state index >= 15 is 0 Å². The van der Waals surface area contributed by atoms with Crippen molar-refractivity contribution in [1.29, 1.82) is 0 Å². The molecule has 0 N–H and O–H groups in total. The molecule has 3 nitrogen and oxygen atoms in total. The third-order valence-corrected chi connectivity index (χ3v) is 1.94. The molecule has 12 heavy (non-hydrogen) atoms. The molecule has 3 heteroatoms. The lowest BCUT2D eigenvalue weighted by molar-refractivity contribution is 0.0209. The Kier molecular flexibility index (Phi) is 5.32. The second-order valence-electron chi connectivity index (χ2n) is 2.92. The summed E-state index contributed by atoms with van der Waals surface area (Å²) in [5.74, 6) is 0. The van der Waals surface area contributed by atoms with Gasteiger partial charge in [0.25, 0.3) is 0 Å². The van der Waals surface area contributed by atoms with Crippen molar-refractivity contribution in [2.75, 3.05) is 46.1 Å². The van der Waals surface area contributed by atoms with Crippen LogP contribution in [0.1, 0.15) is 6.42 Å². The second-order valence-corrected chi connectivity index (χ2v) is 2.92. The van der Waals surface area contributed by atoms with Crippen LogP contribution in [0.5, 0.6) is 0 Å². The van der Waals surface area contributed by atoms with Gasteiger partial charge in [0, 0.05) is 26.2 Å². The summed E-state index contributed by atoms with van der Waals surface area (Å²) < 4.78 is 10.6. The Morgan fingerprint density at radius 1 is 1.25 bits per heavy atom. The molecule has 0 aromatic carbocycles. The summed E-state index contributed by atoms with van der Waals surface area (Å²) in [5, 5.41) is 0. The maximum atomic E-state index is 5.34. The first-order valence-corrected chi connectivity index (χ1v) is 4.60. The Morgan fingerprint density at radius 3 is 2.67 bits per heavy atom. The molecule has 0 unspecified atom stereocenters. The molecule has 1 aliphatic rings. The van der Waals surface area contributed by atoms with E-state index in [0.29, 0.717) is 0 Å². The van der Waals surface area contributed by atoms with Crippen molar-refractivity contribution in [3.8, 4) is 0 Å². The standard InChI is InChI=1S/C9H18NO2/c1-2-6-11-7-3-10-4-8-12-9-5-10/h1-9H2. The predicted octanol–water partition coefficient (Wildman–Crippen LogP) is 0.559. The molecule has 1 saturated heterocycles. The molecule has 1 aliphatic heterocycles. The van der Waals surface area contributed by atoms with Crippen LogP contribution in [-0.4, -0.2) is 51.0 Å². The molecule has 0 amide bonds. The zero-order valence-corrected chi connectivity index (χ0v) is 7.63. The van der Waals surface area contributed by atoms with Crippen molar-refractivity contribution in [2.45, 2.75) is 6.42 Å². The Balaban J connectivity index is 1.91. The van der Waals surface area contributed by atoms with Gasteiger partial charge in [-0.25, -0.2) is 0 Å². The van der Waals surface area contributed by atoms with E-state index in [0.717, 1.165) is 52.5 Å². The van der Waals surface area contributed by atoms with Gasteiger partial charge in [0.15, 0.2) is 0 Å².